The van der Waals surface area contributed by atoms with Gasteiger partial charge in [0.25, 0.3) is 17.7 Å². The number of carbonyl (C=O) groups is 3. The van der Waals surface area contributed by atoms with Gasteiger partial charge in [-0.1, -0.05) is 11.8 Å². The zero-order valence-corrected chi connectivity index (χ0v) is 18.2. The van der Waals surface area contributed by atoms with Crippen molar-refractivity contribution in [3.8, 4) is 11.8 Å². The van der Waals surface area contributed by atoms with Crippen LogP contribution >= 0.6 is 0 Å². The van der Waals surface area contributed by atoms with Crippen LogP contribution in [0.2, 0.25) is 0 Å². The molecule has 174 valence electrons. The van der Waals surface area contributed by atoms with Gasteiger partial charge in [-0.15, -0.1) is 0 Å². The first-order valence-electron chi connectivity index (χ1n) is 9.79. The van der Waals surface area contributed by atoms with Crippen LogP contribution in [0.15, 0.2) is 48.5 Å². The molecule has 0 radical (unpaired) electrons. The van der Waals surface area contributed by atoms with Crippen molar-refractivity contribution in [1.82, 2.24) is 15.1 Å². The van der Waals surface area contributed by atoms with E-state index in [0.717, 1.165) is 16.2 Å². The number of nitrogens with two attached hydrogens (primary N) is 2. The third-order valence-electron chi connectivity index (χ3n) is 4.56. The Kier molecular flexibility index (Phi) is 8.90. The van der Waals surface area contributed by atoms with Gasteiger partial charge in [-0.2, -0.15) is 5.17 Å². The summed E-state index contributed by atoms with van der Waals surface area (Å²) in [5.41, 5.74) is 2.49. The van der Waals surface area contributed by atoms with Crippen molar-refractivity contribution >= 4 is 23.4 Å². The lowest BCUT2D eigenvalue weighted by Crippen LogP contribution is -2.58. The summed E-state index contributed by atoms with van der Waals surface area (Å²) < 4.78 is 0. The minimum absolute atomic E-state index is 0.0418. The molecular formula is C22H26N6O5. The van der Waals surface area contributed by atoms with Crippen molar-refractivity contribution in [3.63, 3.8) is 0 Å². The molecule has 0 aliphatic carbocycles. The van der Waals surface area contributed by atoms with Crippen molar-refractivity contribution in [1.29, 1.82) is 0 Å². The zero-order valence-electron chi connectivity index (χ0n) is 18.2. The lowest BCUT2D eigenvalue weighted by molar-refractivity contribution is -0.174. The van der Waals surface area contributed by atoms with Gasteiger partial charge in [-0.3, -0.25) is 24.6 Å². The van der Waals surface area contributed by atoms with E-state index in [1.807, 2.05) is 24.3 Å². The van der Waals surface area contributed by atoms with Gasteiger partial charge in [0.1, 0.15) is 0 Å². The highest BCUT2D eigenvalue weighted by Gasteiger charge is 2.37. The van der Waals surface area contributed by atoms with E-state index in [1.54, 1.807) is 12.1 Å². The molecule has 0 aromatic heterocycles. The molecule has 0 aliphatic rings. The zero-order chi connectivity index (χ0) is 24.5. The third kappa shape index (κ3) is 6.76. The maximum atomic E-state index is 12.8. The first-order chi connectivity index (χ1) is 15.6. The molecule has 1 atom stereocenters. The fraction of sp³-hybridized carbons (Fsp3) is 0.227. The first-order valence-corrected chi connectivity index (χ1v) is 9.79. The van der Waals surface area contributed by atoms with E-state index in [0.29, 0.717) is 17.1 Å². The molecule has 11 nitrogen and oxygen atoms in total. The average Bonchev–Trinajstić information content (AvgIpc) is 2.81. The second kappa shape index (κ2) is 11.6. The molecule has 2 aromatic rings. The number of rotatable bonds is 7. The van der Waals surface area contributed by atoms with Gasteiger partial charge in [0.05, 0.1) is 6.61 Å². The van der Waals surface area contributed by atoms with Crippen LogP contribution in [-0.4, -0.2) is 76.4 Å². The van der Waals surface area contributed by atoms with Gasteiger partial charge in [-0.25, -0.2) is 11.7 Å². The summed E-state index contributed by atoms with van der Waals surface area (Å²) in [6.07, 6.45) is 0. The van der Waals surface area contributed by atoms with E-state index in [1.165, 1.54) is 26.2 Å². The lowest BCUT2D eigenvalue weighted by Gasteiger charge is -2.29. The number of aliphatic hydroxyl groups excluding tert-OH is 1. The van der Waals surface area contributed by atoms with Crippen molar-refractivity contribution in [2.75, 3.05) is 32.6 Å². The van der Waals surface area contributed by atoms with Crippen LogP contribution in [0.3, 0.4) is 0 Å². The summed E-state index contributed by atoms with van der Waals surface area (Å²) in [5, 5.41) is 21.5. The standard InChI is InChI=1S/C22H26N6O5/c1-26(19(21(31)27(2)23)22(32)28(24)33)20(30)17-9-5-15(6-10-17)3-4-16-7-11-18(12-8-16)25-13-14-29/h5-12,19,25,29,33H,13-14,23-24H2,1-2H3. The molecule has 0 aliphatic heterocycles. The Labute approximate surface area is 191 Å². The van der Waals surface area contributed by atoms with Crippen LogP contribution in [-0.2, 0) is 9.59 Å². The Balaban J connectivity index is 2.15. The number of nitrogens with one attached hydrogen (secondary N) is 1. The van der Waals surface area contributed by atoms with Gasteiger partial charge in [0, 0.05) is 43.0 Å². The molecule has 11 heteroatoms. The fourth-order valence-corrected chi connectivity index (χ4v) is 2.79. The summed E-state index contributed by atoms with van der Waals surface area (Å²) in [6, 6.07) is 11.9. The van der Waals surface area contributed by atoms with Gasteiger partial charge >= 0.3 is 0 Å². The van der Waals surface area contributed by atoms with E-state index in [9.17, 15) is 19.6 Å². The van der Waals surface area contributed by atoms with E-state index in [4.69, 9.17) is 16.8 Å². The van der Waals surface area contributed by atoms with E-state index in [-0.39, 0.29) is 17.3 Å². The quantitative estimate of drug-likeness (QED) is 0.0920. The monoisotopic (exact) mass is 454 g/mol. The predicted molar refractivity (Wildman–Crippen MR) is 120 cm³/mol. The summed E-state index contributed by atoms with van der Waals surface area (Å²) in [4.78, 5) is 38.1. The lowest BCUT2D eigenvalue weighted by atomic mass is 10.1. The van der Waals surface area contributed by atoms with Crippen LogP contribution in [0.25, 0.3) is 0 Å². The van der Waals surface area contributed by atoms with Gasteiger partial charge in [0.2, 0.25) is 0 Å². The summed E-state index contributed by atoms with van der Waals surface area (Å²) >= 11 is 0. The second-order valence-electron chi connectivity index (χ2n) is 7.01. The molecule has 0 saturated carbocycles. The maximum absolute atomic E-state index is 12.8. The second-order valence-corrected chi connectivity index (χ2v) is 7.01. The summed E-state index contributed by atoms with van der Waals surface area (Å²) in [5.74, 6) is 13.6. The Morgan fingerprint density at radius 3 is 1.91 bits per heavy atom. The molecule has 2 rings (SSSR count). The van der Waals surface area contributed by atoms with Crippen LogP contribution in [0.5, 0.6) is 0 Å². The minimum atomic E-state index is -1.74. The fourth-order valence-electron chi connectivity index (χ4n) is 2.79. The predicted octanol–water partition coefficient (Wildman–Crippen LogP) is -0.645. The molecular weight excluding hydrogens is 428 g/mol. The number of anilines is 1. The van der Waals surface area contributed by atoms with E-state index >= 15 is 0 Å². The van der Waals surface area contributed by atoms with Gasteiger partial charge < -0.3 is 15.3 Å². The number of carbonyl (C=O) groups excluding carboxylic acids is 3. The van der Waals surface area contributed by atoms with Gasteiger partial charge in [0.15, 0.2) is 6.04 Å². The van der Waals surface area contributed by atoms with Gasteiger partial charge in [-0.05, 0) is 48.5 Å². The molecule has 0 spiro atoms. The van der Waals surface area contributed by atoms with Crippen molar-refractivity contribution < 1.29 is 24.7 Å². The minimum Gasteiger partial charge on any atom is -0.395 e. The molecule has 0 saturated heterocycles. The Hall–Kier alpha value is -3.95. The molecule has 3 amide bonds. The van der Waals surface area contributed by atoms with Crippen molar-refractivity contribution in [2.24, 2.45) is 11.7 Å². The third-order valence-corrected chi connectivity index (χ3v) is 4.56. The topological polar surface area (TPSA) is 165 Å². The number of benzene rings is 2. The molecule has 7 N–H and O–H groups in total. The largest absolute Gasteiger partial charge is 0.395 e. The highest BCUT2D eigenvalue weighted by atomic mass is 16.5. The molecule has 0 bridgehead atoms. The number of hydrogen-bond donors (Lipinski definition) is 5. The molecule has 1 unspecified atom stereocenters. The number of hydroxylamine groups is 1. The Morgan fingerprint density at radius 1 is 0.939 bits per heavy atom. The summed E-state index contributed by atoms with van der Waals surface area (Å²) in [6.45, 7) is 0.502. The number of hydrazine groups is 2. The van der Waals surface area contributed by atoms with Crippen molar-refractivity contribution in [3.05, 3.63) is 65.2 Å². The number of amides is 3. The Morgan fingerprint density at radius 2 is 1.45 bits per heavy atom. The Bertz CT molecular complexity index is 1020. The SMILES string of the molecule is CN(N)C(=O)C(C(=O)N(N)O)N(C)C(=O)c1ccc(C#Cc2ccc(NCCO)cc2)cc1. The highest BCUT2D eigenvalue weighted by molar-refractivity contribution is 6.08. The number of likely N-dealkylation sites (N-methyl/N-ethyl adjacent to an activating group) is 2. The molecule has 2 aromatic carbocycles. The first kappa shape index (κ1) is 25.3. The normalized spacial score (nSPS) is 11.0. The number of hydrogen-bond acceptors (Lipinski definition) is 8. The van der Waals surface area contributed by atoms with Crippen LogP contribution in [0.1, 0.15) is 21.5 Å². The number of nitrogens with zero attached hydrogens (tertiary/aromatic N) is 3. The van der Waals surface area contributed by atoms with Crippen LogP contribution in [0.4, 0.5) is 5.69 Å². The van der Waals surface area contributed by atoms with E-state index < -0.39 is 23.8 Å². The molecule has 33 heavy (non-hydrogen) atoms. The number of aliphatic hydroxyl groups is 1. The molecule has 0 fully saturated rings. The van der Waals surface area contributed by atoms with E-state index in [2.05, 4.69) is 17.2 Å². The highest BCUT2D eigenvalue weighted by Crippen LogP contribution is 2.12. The van der Waals surface area contributed by atoms with Crippen LogP contribution in [0, 0.1) is 11.8 Å². The van der Waals surface area contributed by atoms with Crippen LogP contribution < -0.4 is 17.0 Å². The molecule has 0 heterocycles. The average molecular weight is 454 g/mol. The smallest absolute Gasteiger partial charge is 0.293 e. The summed E-state index contributed by atoms with van der Waals surface area (Å²) in [7, 11) is 2.42. The maximum Gasteiger partial charge on any atom is 0.293 e. The van der Waals surface area contributed by atoms with Crippen molar-refractivity contribution in [2.45, 2.75) is 6.04 Å².